The van der Waals surface area contributed by atoms with Crippen LogP contribution in [0.1, 0.15) is 36.4 Å². The minimum absolute atomic E-state index is 0.232. The molecular formula is C21H19F3N4O2. The van der Waals surface area contributed by atoms with Crippen molar-refractivity contribution in [2.24, 2.45) is 0 Å². The number of para-hydroxylation sites is 1. The molecule has 0 unspecified atom stereocenters. The molecule has 3 aromatic rings. The molecule has 6 nitrogen and oxygen atoms in total. The Bertz CT molecular complexity index is 1060. The number of halogens is 3. The zero-order chi connectivity index (χ0) is 21.3. The summed E-state index contributed by atoms with van der Waals surface area (Å²) < 4.78 is 43.9. The Morgan fingerprint density at radius 2 is 2.03 bits per heavy atom. The van der Waals surface area contributed by atoms with E-state index in [0.29, 0.717) is 12.3 Å². The molecule has 30 heavy (non-hydrogen) atoms. The summed E-state index contributed by atoms with van der Waals surface area (Å²) in [7, 11) is 0. The van der Waals surface area contributed by atoms with Crippen molar-refractivity contribution >= 4 is 11.7 Å². The van der Waals surface area contributed by atoms with Crippen LogP contribution in [0.2, 0.25) is 0 Å². The van der Waals surface area contributed by atoms with Gasteiger partial charge in [-0.3, -0.25) is 9.88 Å². The SMILES string of the molecule is C[C@H](NC(=O)N1CCCc2ccccc21)c1cc(-c2ccnc(C(F)(F)F)c2)no1. The lowest BCUT2D eigenvalue weighted by Crippen LogP contribution is -2.43. The van der Waals surface area contributed by atoms with Gasteiger partial charge in [0, 0.05) is 30.1 Å². The second-order valence-electron chi connectivity index (χ2n) is 7.10. The number of anilines is 1. The number of fused-ring (bicyclic) bond motifs is 1. The van der Waals surface area contributed by atoms with Crippen LogP contribution in [0.25, 0.3) is 11.3 Å². The molecule has 156 valence electrons. The highest BCUT2D eigenvalue weighted by Crippen LogP contribution is 2.31. The zero-order valence-electron chi connectivity index (χ0n) is 16.1. The van der Waals surface area contributed by atoms with Crippen LogP contribution in [-0.2, 0) is 12.6 Å². The molecule has 0 bridgehead atoms. The predicted molar refractivity (Wildman–Crippen MR) is 104 cm³/mol. The van der Waals surface area contributed by atoms with E-state index in [4.69, 9.17) is 4.52 Å². The Labute approximate surface area is 170 Å². The van der Waals surface area contributed by atoms with E-state index in [9.17, 15) is 18.0 Å². The fourth-order valence-electron chi connectivity index (χ4n) is 3.45. The topological polar surface area (TPSA) is 71.3 Å². The number of carbonyl (C=O) groups is 1. The number of amides is 2. The molecule has 0 fully saturated rings. The van der Waals surface area contributed by atoms with Crippen LogP contribution in [0, 0.1) is 0 Å². The summed E-state index contributed by atoms with van der Waals surface area (Å²) in [4.78, 5) is 17.8. The molecule has 0 saturated carbocycles. The fourth-order valence-corrected chi connectivity index (χ4v) is 3.45. The van der Waals surface area contributed by atoms with E-state index in [1.54, 1.807) is 11.8 Å². The lowest BCUT2D eigenvalue weighted by atomic mass is 10.0. The number of aromatic nitrogens is 2. The number of urea groups is 1. The van der Waals surface area contributed by atoms with Gasteiger partial charge in [0.05, 0.1) is 6.04 Å². The number of pyridine rings is 1. The molecule has 1 aromatic carbocycles. The summed E-state index contributed by atoms with van der Waals surface area (Å²) in [5.41, 5.74) is 1.46. The molecule has 1 aliphatic rings. The van der Waals surface area contributed by atoms with Gasteiger partial charge in [-0.15, -0.1) is 0 Å². The molecular weight excluding hydrogens is 397 g/mol. The quantitative estimate of drug-likeness (QED) is 0.654. The number of nitrogens with zero attached hydrogens (tertiary/aromatic N) is 3. The fraction of sp³-hybridized carbons (Fsp3) is 0.286. The van der Waals surface area contributed by atoms with Crippen molar-refractivity contribution in [2.75, 3.05) is 11.4 Å². The minimum Gasteiger partial charge on any atom is -0.359 e. The Morgan fingerprint density at radius 1 is 1.23 bits per heavy atom. The normalized spacial score (nSPS) is 14.9. The number of benzene rings is 1. The Hall–Kier alpha value is -3.36. The van der Waals surface area contributed by atoms with Gasteiger partial charge in [0.2, 0.25) is 0 Å². The second kappa shape index (κ2) is 7.81. The zero-order valence-corrected chi connectivity index (χ0v) is 16.1. The van der Waals surface area contributed by atoms with E-state index in [1.807, 2.05) is 24.3 Å². The van der Waals surface area contributed by atoms with Gasteiger partial charge >= 0.3 is 12.2 Å². The summed E-state index contributed by atoms with van der Waals surface area (Å²) >= 11 is 0. The molecule has 0 saturated heterocycles. The minimum atomic E-state index is -4.55. The number of rotatable bonds is 3. The van der Waals surface area contributed by atoms with Crippen LogP contribution in [0.15, 0.2) is 53.2 Å². The van der Waals surface area contributed by atoms with Gasteiger partial charge in [-0.05, 0) is 43.5 Å². The van der Waals surface area contributed by atoms with Crippen LogP contribution in [-0.4, -0.2) is 22.7 Å². The number of nitrogens with one attached hydrogen (secondary N) is 1. The standard InChI is InChI=1S/C21H19F3N4O2/c1-13(26-20(29)28-10-4-6-14-5-2-3-7-17(14)28)18-12-16(27-30-18)15-8-9-25-19(11-15)21(22,23)24/h2-3,5,7-9,11-13H,4,6,10H2,1H3,(H,26,29)/t13-/m0/s1. The molecule has 4 rings (SSSR count). The van der Waals surface area contributed by atoms with Crippen molar-refractivity contribution in [3.8, 4) is 11.3 Å². The van der Waals surface area contributed by atoms with Crippen LogP contribution < -0.4 is 10.2 Å². The molecule has 2 amide bonds. The molecule has 1 N–H and O–H groups in total. The number of aryl methyl sites for hydroxylation is 1. The summed E-state index contributed by atoms with van der Waals surface area (Å²) in [5, 5.41) is 6.72. The first-order valence-corrected chi connectivity index (χ1v) is 9.49. The first-order chi connectivity index (χ1) is 14.3. The van der Waals surface area contributed by atoms with Crippen molar-refractivity contribution in [2.45, 2.75) is 32.0 Å². The van der Waals surface area contributed by atoms with Gasteiger partial charge in [-0.1, -0.05) is 23.4 Å². The van der Waals surface area contributed by atoms with Gasteiger partial charge in [-0.25, -0.2) is 4.79 Å². The van der Waals surface area contributed by atoms with E-state index in [2.05, 4.69) is 15.5 Å². The average molecular weight is 416 g/mol. The number of carbonyl (C=O) groups excluding carboxylic acids is 1. The predicted octanol–water partition coefficient (Wildman–Crippen LogP) is 4.98. The smallest absolute Gasteiger partial charge is 0.359 e. The highest BCUT2D eigenvalue weighted by atomic mass is 19.4. The van der Waals surface area contributed by atoms with Gasteiger partial charge in [-0.2, -0.15) is 13.2 Å². The summed E-state index contributed by atoms with van der Waals surface area (Å²) in [5.74, 6) is 0.342. The second-order valence-corrected chi connectivity index (χ2v) is 7.10. The maximum atomic E-state index is 12.9. The average Bonchev–Trinajstić information content (AvgIpc) is 3.23. The molecule has 1 aliphatic heterocycles. The van der Waals surface area contributed by atoms with E-state index in [1.165, 1.54) is 12.1 Å². The molecule has 2 aromatic heterocycles. The van der Waals surface area contributed by atoms with E-state index < -0.39 is 17.9 Å². The maximum absolute atomic E-state index is 12.9. The third-order valence-corrected chi connectivity index (χ3v) is 5.00. The van der Waals surface area contributed by atoms with E-state index >= 15 is 0 Å². The largest absolute Gasteiger partial charge is 0.433 e. The monoisotopic (exact) mass is 416 g/mol. The van der Waals surface area contributed by atoms with Crippen LogP contribution in [0.3, 0.4) is 0 Å². The number of hydrogen-bond acceptors (Lipinski definition) is 4. The summed E-state index contributed by atoms with van der Waals surface area (Å²) in [6, 6.07) is 10.8. The van der Waals surface area contributed by atoms with Crippen molar-refractivity contribution in [3.05, 3.63) is 65.7 Å². The van der Waals surface area contributed by atoms with Gasteiger partial charge in [0.25, 0.3) is 0 Å². The highest BCUT2D eigenvalue weighted by Gasteiger charge is 2.33. The molecule has 9 heteroatoms. The number of alkyl halides is 3. The van der Waals surface area contributed by atoms with Crippen molar-refractivity contribution in [1.82, 2.24) is 15.5 Å². The lowest BCUT2D eigenvalue weighted by Gasteiger charge is -2.30. The molecule has 0 radical (unpaired) electrons. The third-order valence-electron chi connectivity index (χ3n) is 5.00. The third kappa shape index (κ3) is 4.00. The van der Waals surface area contributed by atoms with Gasteiger partial charge < -0.3 is 9.84 Å². The van der Waals surface area contributed by atoms with E-state index in [-0.39, 0.29) is 17.3 Å². The van der Waals surface area contributed by atoms with Gasteiger partial charge in [0.1, 0.15) is 11.4 Å². The lowest BCUT2D eigenvalue weighted by molar-refractivity contribution is -0.141. The van der Waals surface area contributed by atoms with Crippen LogP contribution in [0.4, 0.5) is 23.7 Å². The van der Waals surface area contributed by atoms with Crippen LogP contribution in [0.5, 0.6) is 0 Å². The molecule has 0 aliphatic carbocycles. The molecule has 3 heterocycles. The molecule has 1 atom stereocenters. The van der Waals surface area contributed by atoms with Gasteiger partial charge in [0.15, 0.2) is 5.76 Å². The Balaban J connectivity index is 1.49. The van der Waals surface area contributed by atoms with Crippen LogP contribution >= 0.6 is 0 Å². The van der Waals surface area contributed by atoms with Crippen molar-refractivity contribution in [1.29, 1.82) is 0 Å². The van der Waals surface area contributed by atoms with Crippen molar-refractivity contribution < 1.29 is 22.5 Å². The van der Waals surface area contributed by atoms with Crippen molar-refractivity contribution in [3.63, 3.8) is 0 Å². The molecule has 0 spiro atoms. The Kier molecular flexibility index (Phi) is 5.19. The van der Waals surface area contributed by atoms with E-state index in [0.717, 1.165) is 36.4 Å². The first-order valence-electron chi connectivity index (χ1n) is 9.49. The highest BCUT2D eigenvalue weighted by molar-refractivity contribution is 5.93. The Morgan fingerprint density at radius 3 is 2.83 bits per heavy atom. The summed E-state index contributed by atoms with van der Waals surface area (Å²) in [6.07, 6.45) is -1.68. The first kappa shape index (κ1) is 19.9. The maximum Gasteiger partial charge on any atom is 0.433 e. The summed E-state index contributed by atoms with van der Waals surface area (Å²) in [6.45, 7) is 2.33. The number of hydrogen-bond donors (Lipinski definition) is 1.